The molecular formula is C24H19FN2O3. The van der Waals surface area contributed by atoms with Gasteiger partial charge in [0.2, 0.25) is 5.91 Å². The summed E-state index contributed by atoms with van der Waals surface area (Å²) in [6, 6.07) is 24.2. The van der Waals surface area contributed by atoms with Gasteiger partial charge in [-0.3, -0.25) is 19.3 Å². The van der Waals surface area contributed by atoms with Gasteiger partial charge >= 0.3 is 0 Å². The van der Waals surface area contributed by atoms with Crippen LogP contribution in [0.25, 0.3) is 0 Å². The Morgan fingerprint density at radius 3 is 2.10 bits per heavy atom. The molecule has 2 aliphatic heterocycles. The predicted octanol–water partition coefficient (Wildman–Crippen LogP) is 3.87. The number of rotatable bonds is 4. The summed E-state index contributed by atoms with van der Waals surface area (Å²) >= 11 is 0. The van der Waals surface area contributed by atoms with E-state index in [0.29, 0.717) is 0 Å². The van der Waals surface area contributed by atoms with Crippen molar-refractivity contribution in [1.29, 1.82) is 0 Å². The Hall–Kier alpha value is -3.51. The van der Waals surface area contributed by atoms with E-state index in [1.165, 1.54) is 17.0 Å². The van der Waals surface area contributed by atoms with Crippen molar-refractivity contribution in [3.63, 3.8) is 0 Å². The van der Waals surface area contributed by atoms with E-state index in [2.05, 4.69) is 0 Å². The minimum absolute atomic E-state index is 0.205. The molecular weight excluding hydrogens is 383 g/mol. The molecule has 3 atom stereocenters. The van der Waals surface area contributed by atoms with Crippen molar-refractivity contribution < 1.29 is 18.8 Å². The lowest BCUT2D eigenvalue weighted by Gasteiger charge is -2.28. The maximum atomic E-state index is 13.5. The standard InChI is InChI=1S/C24H19FN2O3/c25-18-13-11-17(12-14-18)21-20-22(30-27(21)19-9-5-2-6-10-19)24(29)26(23(20)28)15-16-7-3-1-4-8-16/h1-14,20-22H,15H2/t20-,21+,22+/m0/s1. The van der Waals surface area contributed by atoms with Crippen molar-refractivity contribution in [3.8, 4) is 0 Å². The number of hydrogen-bond acceptors (Lipinski definition) is 4. The Morgan fingerprint density at radius 2 is 1.43 bits per heavy atom. The molecule has 2 fully saturated rings. The van der Waals surface area contributed by atoms with E-state index in [1.807, 2.05) is 60.7 Å². The lowest BCUT2D eigenvalue weighted by Crippen LogP contribution is -2.36. The van der Waals surface area contributed by atoms with Gasteiger partial charge in [0, 0.05) is 0 Å². The molecule has 0 aromatic heterocycles. The van der Waals surface area contributed by atoms with E-state index in [4.69, 9.17) is 4.84 Å². The minimum Gasteiger partial charge on any atom is -0.275 e. The summed E-state index contributed by atoms with van der Waals surface area (Å²) in [6.07, 6.45) is -0.906. The van der Waals surface area contributed by atoms with Gasteiger partial charge < -0.3 is 0 Å². The van der Waals surface area contributed by atoms with Crippen molar-refractivity contribution in [1.82, 2.24) is 4.90 Å². The summed E-state index contributed by atoms with van der Waals surface area (Å²) in [4.78, 5) is 33.8. The Morgan fingerprint density at radius 1 is 0.800 bits per heavy atom. The molecule has 0 saturated carbocycles. The molecule has 6 heteroatoms. The SMILES string of the molecule is O=C1[C@H]2[C@@H](c3ccc(F)cc3)N(c3ccccc3)O[C@H]2C(=O)N1Cc1ccccc1. The van der Waals surface area contributed by atoms with Gasteiger partial charge in [-0.2, -0.15) is 0 Å². The zero-order chi connectivity index (χ0) is 20.7. The highest BCUT2D eigenvalue weighted by atomic mass is 19.1. The quantitative estimate of drug-likeness (QED) is 0.622. The van der Waals surface area contributed by atoms with Gasteiger partial charge in [0.15, 0.2) is 6.10 Å². The Labute approximate surface area is 173 Å². The number of hydrogen-bond donors (Lipinski definition) is 0. The maximum Gasteiger partial charge on any atom is 0.262 e. The van der Waals surface area contributed by atoms with E-state index in [9.17, 15) is 14.0 Å². The average molecular weight is 402 g/mol. The van der Waals surface area contributed by atoms with Crippen LogP contribution in [0.5, 0.6) is 0 Å². The minimum atomic E-state index is -0.906. The summed E-state index contributed by atoms with van der Waals surface area (Å²) in [7, 11) is 0. The number of halogens is 1. The Bertz CT molecular complexity index is 1070. The van der Waals surface area contributed by atoms with Crippen LogP contribution in [0.15, 0.2) is 84.9 Å². The first kappa shape index (κ1) is 18.5. The van der Waals surface area contributed by atoms with Crippen LogP contribution in [0.1, 0.15) is 17.2 Å². The summed E-state index contributed by atoms with van der Waals surface area (Å²) in [5.41, 5.74) is 2.32. The zero-order valence-corrected chi connectivity index (χ0v) is 16.0. The highest BCUT2D eigenvalue weighted by Crippen LogP contribution is 2.46. The highest BCUT2D eigenvalue weighted by Gasteiger charge is 2.59. The molecule has 3 aromatic rings. The van der Waals surface area contributed by atoms with E-state index in [-0.39, 0.29) is 24.2 Å². The zero-order valence-electron chi connectivity index (χ0n) is 16.0. The average Bonchev–Trinajstić information content (AvgIpc) is 3.28. The third kappa shape index (κ3) is 3.06. The number of likely N-dealkylation sites (tertiary alicyclic amines) is 1. The summed E-state index contributed by atoms with van der Waals surface area (Å²) < 4.78 is 13.5. The van der Waals surface area contributed by atoms with Gasteiger partial charge in [0.1, 0.15) is 11.7 Å². The van der Waals surface area contributed by atoms with Crippen LogP contribution >= 0.6 is 0 Å². The van der Waals surface area contributed by atoms with Crippen molar-refractivity contribution in [3.05, 3.63) is 102 Å². The first-order chi connectivity index (χ1) is 14.6. The fraction of sp³-hybridized carbons (Fsp3) is 0.167. The van der Waals surface area contributed by atoms with Gasteiger partial charge in [0.25, 0.3) is 5.91 Å². The molecule has 2 heterocycles. The van der Waals surface area contributed by atoms with Crippen molar-refractivity contribution in [2.24, 2.45) is 5.92 Å². The number of fused-ring (bicyclic) bond motifs is 1. The van der Waals surface area contributed by atoms with E-state index < -0.39 is 18.1 Å². The van der Waals surface area contributed by atoms with Gasteiger partial charge in [-0.05, 0) is 35.4 Å². The Balaban J connectivity index is 1.52. The molecule has 2 amide bonds. The molecule has 3 aromatic carbocycles. The molecule has 5 nitrogen and oxygen atoms in total. The fourth-order valence-electron chi connectivity index (χ4n) is 4.19. The number of carbonyl (C=O) groups excluding carboxylic acids is 2. The molecule has 0 radical (unpaired) electrons. The molecule has 30 heavy (non-hydrogen) atoms. The molecule has 0 unspecified atom stereocenters. The second kappa shape index (κ2) is 7.39. The molecule has 0 bridgehead atoms. The number of nitrogens with zero attached hydrogens (tertiary/aromatic N) is 2. The molecule has 5 rings (SSSR count). The number of imide groups is 1. The maximum absolute atomic E-state index is 13.5. The number of benzene rings is 3. The predicted molar refractivity (Wildman–Crippen MR) is 108 cm³/mol. The molecule has 0 N–H and O–H groups in total. The largest absolute Gasteiger partial charge is 0.275 e. The lowest BCUT2D eigenvalue weighted by molar-refractivity contribution is -0.143. The van der Waals surface area contributed by atoms with Crippen LogP contribution < -0.4 is 5.06 Å². The normalized spacial score (nSPS) is 23.2. The summed E-state index contributed by atoms with van der Waals surface area (Å²) in [5.74, 6) is -1.69. The van der Waals surface area contributed by atoms with Crippen LogP contribution in [-0.2, 0) is 21.0 Å². The van der Waals surface area contributed by atoms with Gasteiger partial charge in [-0.1, -0.05) is 60.7 Å². The van der Waals surface area contributed by atoms with Crippen LogP contribution in [-0.4, -0.2) is 22.8 Å². The molecule has 0 aliphatic carbocycles. The van der Waals surface area contributed by atoms with Gasteiger partial charge in [0.05, 0.1) is 18.3 Å². The number of para-hydroxylation sites is 1. The monoisotopic (exact) mass is 402 g/mol. The third-order valence-corrected chi connectivity index (χ3v) is 5.61. The summed E-state index contributed by atoms with van der Waals surface area (Å²) in [6.45, 7) is 0.205. The second-order valence-electron chi connectivity index (χ2n) is 7.46. The highest BCUT2D eigenvalue weighted by molar-refractivity contribution is 6.07. The van der Waals surface area contributed by atoms with E-state index >= 15 is 0 Å². The number of anilines is 1. The van der Waals surface area contributed by atoms with E-state index in [1.54, 1.807) is 17.2 Å². The van der Waals surface area contributed by atoms with Gasteiger partial charge in [-0.25, -0.2) is 9.45 Å². The number of hydroxylamine groups is 1. The van der Waals surface area contributed by atoms with Crippen LogP contribution in [0.4, 0.5) is 10.1 Å². The number of carbonyl (C=O) groups is 2. The van der Waals surface area contributed by atoms with Gasteiger partial charge in [-0.15, -0.1) is 0 Å². The van der Waals surface area contributed by atoms with Crippen molar-refractivity contribution in [2.75, 3.05) is 5.06 Å². The fourth-order valence-corrected chi connectivity index (χ4v) is 4.19. The molecule has 2 saturated heterocycles. The second-order valence-corrected chi connectivity index (χ2v) is 7.46. The molecule has 150 valence electrons. The van der Waals surface area contributed by atoms with Crippen LogP contribution in [0.3, 0.4) is 0 Å². The molecule has 2 aliphatic rings. The Kier molecular flexibility index (Phi) is 4.56. The van der Waals surface area contributed by atoms with Crippen LogP contribution in [0, 0.1) is 11.7 Å². The van der Waals surface area contributed by atoms with E-state index in [0.717, 1.165) is 16.8 Å². The van der Waals surface area contributed by atoms with Crippen molar-refractivity contribution >= 4 is 17.5 Å². The lowest BCUT2D eigenvalue weighted by atomic mass is 9.90. The first-order valence-corrected chi connectivity index (χ1v) is 9.79. The number of amides is 2. The first-order valence-electron chi connectivity index (χ1n) is 9.79. The van der Waals surface area contributed by atoms with Crippen LogP contribution in [0.2, 0.25) is 0 Å². The topological polar surface area (TPSA) is 49.9 Å². The smallest absolute Gasteiger partial charge is 0.262 e. The third-order valence-electron chi connectivity index (χ3n) is 5.61. The van der Waals surface area contributed by atoms with Crippen molar-refractivity contribution in [2.45, 2.75) is 18.7 Å². The molecule has 0 spiro atoms. The summed E-state index contributed by atoms with van der Waals surface area (Å²) in [5, 5.41) is 1.61.